The van der Waals surface area contributed by atoms with Crippen molar-refractivity contribution in [1.82, 2.24) is 5.32 Å². The molecule has 0 aliphatic heterocycles. The molecule has 0 bridgehead atoms. The van der Waals surface area contributed by atoms with Gasteiger partial charge in [0.05, 0.1) is 5.92 Å². The lowest BCUT2D eigenvalue weighted by atomic mass is 9.83. The fourth-order valence-corrected chi connectivity index (χ4v) is 2.98. The number of benzene rings is 1. The number of hydrogen-bond donors (Lipinski definition) is 1. The molecule has 1 aromatic rings. The van der Waals surface area contributed by atoms with Crippen LogP contribution in [0.3, 0.4) is 0 Å². The van der Waals surface area contributed by atoms with Crippen molar-refractivity contribution in [2.75, 3.05) is 0 Å². The predicted molar refractivity (Wildman–Crippen MR) is 69.7 cm³/mol. The Balaban J connectivity index is 2.13. The van der Waals surface area contributed by atoms with Gasteiger partial charge >= 0.3 is 6.18 Å². The average Bonchev–Trinajstić information content (AvgIpc) is 2.41. The van der Waals surface area contributed by atoms with Crippen LogP contribution < -0.4 is 5.32 Å². The SMILES string of the molecule is CC(NC1CCCCC1C(F)(F)F)c1cc(F)ccc1F. The van der Waals surface area contributed by atoms with Crippen LogP contribution in [-0.4, -0.2) is 12.2 Å². The van der Waals surface area contributed by atoms with Crippen LogP contribution in [0.15, 0.2) is 18.2 Å². The highest BCUT2D eigenvalue weighted by Crippen LogP contribution is 2.38. The molecule has 21 heavy (non-hydrogen) atoms. The molecule has 1 aliphatic rings. The van der Waals surface area contributed by atoms with Gasteiger partial charge in [0.15, 0.2) is 0 Å². The maximum atomic E-state index is 13.7. The summed E-state index contributed by atoms with van der Waals surface area (Å²) in [7, 11) is 0. The first-order valence-electron chi connectivity index (χ1n) is 7.06. The molecule has 0 amide bonds. The maximum Gasteiger partial charge on any atom is 0.393 e. The van der Waals surface area contributed by atoms with Crippen LogP contribution in [0.25, 0.3) is 0 Å². The minimum absolute atomic E-state index is 0.0569. The van der Waals surface area contributed by atoms with Gasteiger partial charge < -0.3 is 5.32 Å². The molecule has 1 fully saturated rings. The van der Waals surface area contributed by atoms with Gasteiger partial charge in [-0.1, -0.05) is 12.8 Å². The topological polar surface area (TPSA) is 12.0 Å². The average molecular weight is 307 g/mol. The molecule has 0 saturated heterocycles. The quantitative estimate of drug-likeness (QED) is 0.796. The van der Waals surface area contributed by atoms with E-state index < -0.39 is 35.8 Å². The molecular formula is C15H18F5N. The Morgan fingerprint density at radius 2 is 1.81 bits per heavy atom. The van der Waals surface area contributed by atoms with E-state index in [9.17, 15) is 22.0 Å². The zero-order valence-corrected chi connectivity index (χ0v) is 11.7. The van der Waals surface area contributed by atoms with E-state index in [0.29, 0.717) is 19.3 Å². The molecule has 2 rings (SSSR count). The van der Waals surface area contributed by atoms with Gasteiger partial charge in [-0.15, -0.1) is 0 Å². The Bertz CT molecular complexity index is 485. The minimum Gasteiger partial charge on any atom is -0.307 e. The first-order chi connectivity index (χ1) is 9.79. The lowest BCUT2D eigenvalue weighted by molar-refractivity contribution is -0.189. The molecule has 1 aliphatic carbocycles. The highest BCUT2D eigenvalue weighted by atomic mass is 19.4. The Morgan fingerprint density at radius 1 is 1.14 bits per heavy atom. The van der Waals surface area contributed by atoms with Crippen LogP contribution in [0.4, 0.5) is 22.0 Å². The third-order valence-electron chi connectivity index (χ3n) is 4.08. The van der Waals surface area contributed by atoms with Crippen LogP contribution in [0.5, 0.6) is 0 Å². The van der Waals surface area contributed by atoms with Crippen molar-refractivity contribution in [2.45, 2.75) is 50.9 Å². The normalized spacial score (nSPS) is 24.9. The number of hydrogen-bond acceptors (Lipinski definition) is 1. The summed E-state index contributed by atoms with van der Waals surface area (Å²) in [5, 5.41) is 2.83. The number of nitrogens with one attached hydrogen (secondary N) is 1. The van der Waals surface area contributed by atoms with Crippen LogP contribution in [0.1, 0.15) is 44.2 Å². The van der Waals surface area contributed by atoms with Crippen molar-refractivity contribution in [3.05, 3.63) is 35.4 Å². The fraction of sp³-hybridized carbons (Fsp3) is 0.600. The van der Waals surface area contributed by atoms with E-state index in [4.69, 9.17) is 0 Å². The van der Waals surface area contributed by atoms with E-state index in [-0.39, 0.29) is 12.0 Å². The van der Waals surface area contributed by atoms with E-state index in [0.717, 1.165) is 18.2 Å². The van der Waals surface area contributed by atoms with Crippen LogP contribution in [-0.2, 0) is 0 Å². The first-order valence-corrected chi connectivity index (χ1v) is 7.06. The second kappa shape index (κ2) is 6.30. The summed E-state index contributed by atoms with van der Waals surface area (Å²) in [6, 6.07) is 1.58. The van der Waals surface area contributed by atoms with Crippen molar-refractivity contribution in [1.29, 1.82) is 0 Å². The summed E-state index contributed by atoms with van der Waals surface area (Å²) in [5.41, 5.74) is 0.0569. The second-order valence-electron chi connectivity index (χ2n) is 5.59. The van der Waals surface area contributed by atoms with E-state index in [1.807, 2.05) is 0 Å². The summed E-state index contributed by atoms with van der Waals surface area (Å²) in [6.07, 6.45) is -2.53. The third-order valence-corrected chi connectivity index (χ3v) is 4.08. The molecule has 0 spiro atoms. The Labute approximate surface area is 120 Å². The molecular weight excluding hydrogens is 289 g/mol. The van der Waals surface area contributed by atoms with Crippen molar-refractivity contribution in [2.24, 2.45) is 5.92 Å². The largest absolute Gasteiger partial charge is 0.393 e. The Hall–Kier alpha value is -1.17. The molecule has 1 nitrogen and oxygen atoms in total. The third kappa shape index (κ3) is 3.93. The fourth-order valence-electron chi connectivity index (χ4n) is 2.98. The zero-order valence-electron chi connectivity index (χ0n) is 11.7. The molecule has 0 heterocycles. The summed E-state index contributed by atoms with van der Waals surface area (Å²) in [4.78, 5) is 0. The van der Waals surface area contributed by atoms with Gasteiger partial charge in [0.25, 0.3) is 0 Å². The monoisotopic (exact) mass is 307 g/mol. The number of alkyl halides is 3. The highest BCUT2D eigenvalue weighted by molar-refractivity contribution is 5.22. The first kappa shape index (κ1) is 16.2. The molecule has 0 radical (unpaired) electrons. The molecule has 3 atom stereocenters. The minimum atomic E-state index is -4.27. The van der Waals surface area contributed by atoms with E-state index in [2.05, 4.69) is 5.32 Å². The van der Waals surface area contributed by atoms with Gasteiger partial charge in [0.2, 0.25) is 0 Å². The van der Waals surface area contributed by atoms with Crippen molar-refractivity contribution in [3.63, 3.8) is 0 Å². The predicted octanol–water partition coefficient (Wildman–Crippen LogP) is 4.74. The molecule has 0 aromatic heterocycles. The smallest absolute Gasteiger partial charge is 0.307 e. The molecule has 1 saturated carbocycles. The number of halogens is 5. The molecule has 118 valence electrons. The van der Waals surface area contributed by atoms with E-state index in [1.54, 1.807) is 6.92 Å². The van der Waals surface area contributed by atoms with Gasteiger partial charge in [-0.25, -0.2) is 8.78 Å². The molecule has 1 N–H and O–H groups in total. The van der Waals surface area contributed by atoms with Gasteiger partial charge in [-0.05, 0) is 38.0 Å². The van der Waals surface area contributed by atoms with Gasteiger partial charge in [-0.2, -0.15) is 13.2 Å². The lowest BCUT2D eigenvalue weighted by Gasteiger charge is -2.35. The van der Waals surface area contributed by atoms with E-state index in [1.165, 1.54) is 0 Å². The molecule has 3 unspecified atom stereocenters. The summed E-state index contributed by atoms with van der Waals surface area (Å²) in [5.74, 6) is -2.64. The van der Waals surface area contributed by atoms with Crippen LogP contribution >= 0.6 is 0 Å². The summed E-state index contributed by atoms with van der Waals surface area (Å²) in [6.45, 7) is 1.56. The van der Waals surface area contributed by atoms with Crippen LogP contribution in [0.2, 0.25) is 0 Å². The van der Waals surface area contributed by atoms with Crippen molar-refractivity contribution in [3.8, 4) is 0 Å². The number of rotatable bonds is 3. The van der Waals surface area contributed by atoms with E-state index >= 15 is 0 Å². The van der Waals surface area contributed by atoms with Gasteiger partial charge in [-0.3, -0.25) is 0 Å². The summed E-state index contributed by atoms with van der Waals surface area (Å²) >= 11 is 0. The maximum absolute atomic E-state index is 13.7. The zero-order chi connectivity index (χ0) is 15.6. The molecule has 1 aromatic carbocycles. The lowest BCUT2D eigenvalue weighted by Crippen LogP contribution is -2.46. The Kier molecular flexibility index (Phi) is 4.86. The van der Waals surface area contributed by atoms with Gasteiger partial charge in [0.1, 0.15) is 11.6 Å². The Morgan fingerprint density at radius 3 is 2.48 bits per heavy atom. The molecule has 6 heteroatoms. The van der Waals surface area contributed by atoms with Crippen molar-refractivity contribution < 1.29 is 22.0 Å². The standard InChI is InChI=1S/C15H18F5N/c1-9(11-8-10(16)6-7-13(11)17)21-14-5-3-2-4-12(14)15(18,19)20/h6-9,12,14,21H,2-5H2,1H3. The second-order valence-corrected chi connectivity index (χ2v) is 5.59. The van der Waals surface area contributed by atoms with Crippen molar-refractivity contribution >= 4 is 0 Å². The van der Waals surface area contributed by atoms with Gasteiger partial charge in [0, 0.05) is 17.6 Å². The van der Waals surface area contributed by atoms with Crippen LogP contribution in [0, 0.1) is 17.6 Å². The summed E-state index contributed by atoms with van der Waals surface area (Å²) < 4.78 is 65.9. The highest BCUT2D eigenvalue weighted by Gasteiger charge is 2.45.